The molecule has 1 aromatic heterocycles. The summed E-state index contributed by atoms with van der Waals surface area (Å²) in [5, 5.41) is 2.84. The average Bonchev–Trinajstić information content (AvgIpc) is 3.16. The first-order valence-electron chi connectivity index (χ1n) is 10.1. The van der Waals surface area contributed by atoms with Crippen LogP contribution in [0.3, 0.4) is 0 Å². The summed E-state index contributed by atoms with van der Waals surface area (Å²) >= 11 is 0. The van der Waals surface area contributed by atoms with E-state index >= 15 is 0 Å². The van der Waals surface area contributed by atoms with E-state index in [1.165, 1.54) is 0 Å². The van der Waals surface area contributed by atoms with Crippen molar-refractivity contribution >= 4 is 29.0 Å². The summed E-state index contributed by atoms with van der Waals surface area (Å²) in [5.41, 5.74) is 2.73. The Hall–Kier alpha value is -3.13. The third-order valence-corrected chi connectivity index (χ3v) is 5.50. The van der Waals surface area contributed by atoms with E-state index in [1.54, 1.807) is 24.3 Å². The van der Waals surface area contributed by atoms with E-state index in [0.29, 0.717) is 37.0 Å². The fourth-order valence-corrected chi connectivity index (χ4v) is 3.82. The van der Waals surface area contributed by atoms with Gasteiger partial charge in [0.25, 0.3) is 0 Å². The molecule has 2 amide bonds. The van der Waals surface area contributed by atoms with E-state index in [4.69, 9.17) is 9.47 Å². The number of aromatic nitrogens is 1. The number of hydrogen-bond donors (Lipinski definition) is 1. The highest BCUT2D eigenvalue weighted by Crippen LogP contribution is 2.34. The maximum Gasteiger partial charge on any atom is 0.230 e. The monoisotopic (exact) mass is 410 g/mol. The van der Waals surface area contributed by atoms with Gasteiger partial charge in [-0.1, -0.05) is 6.07 Å². The first-order chi connectivity index (χ1) is 14.5. The van der Waals surface area contributed by atoms with Crippen molar-refractivity contribution in [3.63, 3.8) is 0 Å². The predicted molar refractivity (Wildman–Crippen MR) is 114 cm³/mol. The third kappa shape index (κ3) is 4.23. The number of pyridine rings is 1. The molecule has 0 saturated carbocycles. The number of aryl methyl sites for hydroxylation is 1. The number of anilines is 3. The lowest BCUT2D eigenvalue weighted by atomic mass is 10.1. The van der Waals surface area contributed by atoms with Crippen LogP contribution in [0.1, 0.15) is 12.0 Å². The van der Waals surface area contributed by atoms with Crippen LogP contribution >= 0.6 is 0 Å². The molecule has 0 bridgehead atoms. The summed E-state index contributed by atoms with van der Waals surface area (Å²) in [6.45, 7) is 5.34. The number of methoxy groups -OCH3 is 1. The summed E-state index contributed by atoms with van der Waals surface area (Å²) in [6, 6.07) is 9.41. The topological polar surface area (TPSA) is 84.0 Å². The van der Waals surface area contributed by atoms with Crippen molar-refractivity contribution in [3.8, 4) is 5.75 Å². The molecule has 3 heterocycles. The number of nitrogens with one attached hydrogen (secondary N) is 1. The van der Waals surface area contributed by atoms with Gasteiger partial charge in [0.1, 0.15) is 11.6 Å². The van der Waals surface area contributed by atoms with Crippen molar-refractivity contribution in [2.75, 3.05) is 55.1 Å². The minimum absolute atomic E-state index is 0.0883. The Morgan fingerprint density at radius 2 is 2.03 bits per heavy atom. The second-order valence-corrected chi connectivity index (χ2v) is 7.57. The lowest BCUT2D eigenvalue weighted by Crippen LogP contribution is -2.36. The maximum absolute atomic E-state index is 12.8. The third-order valence-electron chi connectivity index (χ3n) is 5.50. The molecule has 1 atom stereocenters. The molecule has 0 aliphatic carbocycles. The minimum atomic E-state index is -0.441. The number of ether oxygens (including phenoxy) is 2. The van der Waals surface area contributed by atoms with Gasteiger partial charge in [-0.3, -0.25) is 9.59 Å². The lowest BCUT2D eigenvalue weighted by molar-refractivity contribution is -0.122. The molecule has 2 aliphatic heterocycles. The second-order valence-electron chi connectivity index (χ2n) is 7.57. The smallest absolute Gasteiger partial charge is 0.230 e. The van der Waals surface area contributed by atoms with Crippen molar-refractivity contribution in [2.24, 2.45) is 5.92 Å². The first-order valence-corrected chi connectivity index (χ1v) is 10.1. The van der Waals surface area contributed by atoms with Crippen molar-refractivity contribution in [2.45, 2.75) is 13.3 Å². The van der Waals surface area contributed by atoms with Crippen LogP contribution in [0.5, 0.6) is 5.75 Å². The van der Waals surface area contributed by atoms with Gasteiger partial charge in [-0.2, -0.15) is 0 Å². The number of nitrogens with zero attached hydrogens (tertiary/aromatic N) is 3. The summed E-state index contributed by atoms with van der Waals surface area (Å²) in [6.07, 6.45) is 1.92. The molecule has 2 fully saturated rings. The number of rotatable bonds is 5. The van der Waals surface area contributed by atoms with Crippen molar-refractivity contribution in [3.05, 3.63) is 42.1 Å². The largest absolute Gasteiger partial charge is 0.495 e. The molecule has 1 aromatic carbocycles. The Balaban J connectivity index is 1.41. The van der Waals surface area contributed by atoms with Crippen molar-refractivity contribution in [1.29, 1.82) is 0 Å². The zero-order chi connectivity index (χ0) is 21.1. The Bertz CT molecular complexity index is 925. The number of benzene rings is 1. The molecule has 0 radical (unpaired) electrons. The van der Waals surface area contributed by atoms with E-state index in [9.17, 15) is 9.59 Å². The van der Waals surface area contributed by atoms with Crippen molar-refractivity contribution < 1.29 is 19.1 Å². The van der Waals surface area contributed by atoms with Gasteiger partial charge >= 0.3 is 0 Å². The van der Waals surface area contributed by atoms with E-state index in [-0.39, 0.29) is 18.2 Å². The molecule has 2 aromatic rings. The van der Waals surface area contributed by atoms with E-state index < -0.39 is 5.92 Å². The molecular weight excluding hydrogens is 384 g/mol. The molecule has 2 aliphatic rings. The molecule has 2 saturated heterocycles. The van der Waals surface area contributed by atoms with Crippen LogP contribution in [0.4, 0.5) is 17.2 Å². The summed E-state index contributed by atoms with van der Waals surface area (Å²) in [7, 11) is 1.57. The van der Waals surface area contributed by atoms with E-state index in [0.717, 1.165) is 24.3 Å². The second kappa shape index (κ2) is 8.71. The first kappa shape index (κ1) is 20.2. The fraction of sp³-hybridized carbons (Fsp3) is 0.409. The quantitative estimate of drug-likeness (QED) is 0.814. The maximum atomic E-state index is 12.8. The van der Waals surface area contributed by atoms with E-state index in [1.807, 2.05) is 31.2 Å². The Morgan fingerprint density at radius 1 is 1.23 bits per heavy atom. The molecule has 4 rings (SSSR count). The molecule has 0 spiro atoms. The van der Waals surface area contributed by atoms with Crippen LogP contribution in [0, 0.1) is 12.8 Å². The molecule has 8 heteroatoms. The van der Waals surface area contributed by atoms with Gasteiger partial charge in [0.15, 0.2) is 0 Å². The zero-order valence-electron chi connectivity index (χ0n) is 17.3. The number of amides is 2. The SMILES string of the molecule is COc1ccc(C)cc1N1CC(C(=O)Nc2ccc(N3CCOCC3)cn2)CC1=O. The standard InChI is InChI=1S/C22H26N4O4/c1-15-3-5-19(29-2)18(11-15)26-14-16(12-21(26)27)22(28)24-20-6-4-17(13-23-20)25-7-9-30-10-8-25/h3-6,11,13,16H,7-10,12,14H2,1-2H3,(H,23,24,28). The number of carbonyl (C=O) groups excluding carboxylic acids is 2. The minimum Gasteiger partial charge on any atom is -0.495 e. The van der Waals surface area contributed by atoms with Crippen LogP contribution in [0.15, 0.2) is 36.5 Å². The highest BCUT2D eigenvalue weighted by Gasteiger charge is 2.36. The molecule has 30 heavy (non-hydrogen) atoms. The Kier molecular flexibility index (Phi) is 5.85. The van der Waals surface area contributed by atoms with Gasteiger partial charge in [0.2, 0.25) is 11.8 Å². The van der Waals surface area contributed by atoms with Crippen LogP contribution in [0.2, 0.25) is 0 Å². The van der Waals surface area contributed by atoms with Gasteiger partial charge in [-0.05, 0) is 36.8 Å². The highest BCUT2D eigenvalue weighted by atomic mass is 16.5. The molecule has 158 valence electrons. The molecule has 1 N–H and O–H groups in total. The van der Waals surface area contributed by atoms with Gasteiger partial charge in [0.05, 0.1) is 43.8 Å². The van der Waals surface area contributed by atoms with Crippen LogP contribution in [0.25, 0.3) is 0 Å². The summed E-state index contributed by atoms with van der Waals surface area (Å²) < 4.78 is 10.8. The van der Waals surface area contributed by atoms with Crippen molar-refractivity contribution in [1.82, 2.24) is 4.98 Å². The van der Waals surface area contributed by atoms with E-state index in [2.05, 4.69) is 15.2 Å². The van der Waals surface area contributed by atoms with Gasteiger partial charge in [-0.15, -0.1) is 0 Å². The average molecular weight is 410 g/mol. The van der Waals surface area contributed by atoms with Crippen LogP contribution in [-0.2, 0) is 14.3 Å². The molecule has 8 nitrogen and oxygen atoms in total. The van der Waals surface area contributed by atoms with Crippen LogP contribution in [-0.4, -0.2) is 56.8 Å². The number of morpholine rings is 1. The van der Waals surface area contributed by atoms with Gasteiger partial charge in [-0.25, -0.2) is 4.98 Å². The number of hydrogen-bond acceptors (Lipinski definition) is 6. The van der Waals surface area contributed by atoms with Gasteiger partial charge in [0, 0.05) is 26.1 Å². The Labute approximate surface area is 175 Å². The predicted octanol–water partition coefficient (Wildman–Crippen LogP) is 2.23. The fourth-order valence-electron chi connectivity index (χ4n) is 3.82. The summed E-state index contributed by atoms with van der Waals surface area (Å²) in [4.78, 5) is 33.6. The molecular formula is C22H26N4O4. The van der Waals surface area contributed by atoms with Crippen LogP contribution < -0.4 is 19.9 Å². The highest BCUT2D eigenvalue weighted by molar-refractivity contribution is 6.04. The number of carbonyl (C=O) groups is 2. The molecule has 1 unspecified atom stereocenters. The zero-order valence-corrected chi connectivity index (χ0v) is 17.3. The normalized spacial score (nSPS) is 19.1. The lowest BCUT2D eigenvalue weighted by Gasteiger charge is -2.28. The summed E-state index contributed by atoms with van der Waals surface area (Å²) in [5.74, 6) is 0.369. The van der Waals surface area contributed by atoms with Gasteiger partial charge < -0.3 is 24.6 Å². The Morgan fingerprint density at radius 3 is 2.73 bits per heavy atom.